The lowest BCUT2D eigenvalue weighted by molar-refractivity contribution is -0.134. The zero-order valence-corrected chi connectivity index (χ0v) is 32.0. The molecular weight excluding hydrogens is 687 g/mol. The first-order valence-electron chi connectivity index (χ1n) is 19.3. The molecule has 4 aromatic carbocycles. The Kier molecular flexibility index (Phi) is 9.14. The van der Waals surface area contributed by atoms with Gasteiger partial charge in [0.15, 0.2) is 0 Å². The molecule has 280 valence electrons. The Hall–Kier alpha value is -5.87. The van der Waals surface area contributed by atoms with Crippen molar-refractivity contribution < 1.29 is 14.3 Å². The van der Waals surface area contributed by atoms with E-state index in [1.165, 1.54) is 49.9 Å². The van der Waals surface area contributed by atoms with Gasteiger partial charge in [-0.25, -0.2) is 4.68 Å². The first-order chi connectivity index (χ1) is 26.9. The average Bonchev–Trinajstić information content (AvgIpc) is 3.89. The fourth-order valence-electron chi connectivity index (χ4n) is 9.13. The summed E-state index contributed by atoms with van der Waals surface area (Å²) in [7, 11) is 3.44. The molecule has 2 aliphatic heterocycles. The fourth-order valence-corrected chi connectivity index (χ4v) is 9.13. The molecule has 0 saturated carbocycles. The quantitative estimate of drug-likeness (QED) is 0.144. The molecule has 0 bridgehead atoms. The topological polar surface area (TPSA) is 82.6 Å². The highest BCUT2D eigenvalue weighted by atomic mass is 16.5. The second-order valence-corrected chi connectivity index (χ2v) is 15.0. The van der Waals surface area contributed by atoms with Crippen LogP contribution in [0.25, 0.3) is 21.8 Å². The summed E-state index contributed by atoms with van der Waals surface area (Å²) >= 11 is 0. The number of ether oxygens (including phenoxy) is 2. The Morgan fingerprint density at radius 3 is 1.80 bits per heavy atom. The summed E-state index contributed by atoms with van der Waals surface area (Å²) in [6, 6.07) is 34.0. The van der Waals surface area contributed by atoms with E-state index < -0.39 is 0 Å². The molecule has 5 heterocycles. The van der Waals surface area contributed by atoms with E-state index >= 15 is 0 Å². The molecule has 0 aliphatic carbocycles. The smallest absolute Gasteiger partial charge is 0.244 e. The second-order valence-electron chi connectivity index (χ2n) is 15.0. The minimum Gasteiger partial charge on any atom is -0.497 e. The first kappa shape index (κ1) is 34.9. The number of hydrogen-bond donors (Lipinski definition) is 0. The van der Waals surface area contributed by atoms with Crippen molar-refractivity contribution in [3.8, 4) is 11.5 Å². The van der Waals surface area contributed by atoms with Gasteiger partial charge in [-0.1, -0.05) is 65.9 Å². The van der Waals surface area contributed by atoms with E-state index in [9.17, 15) is 4.79 Å². The van der Waals surface area contributed by atoms with Crippen LogP contribution in [0.15, 0.2) is 103 Å². The molecule has 0 fully saturated rings. The molecule has 55 heavy (non-hydrogen) atoms. The molecule has 2 aliphatic rings. The van der Waals surface area contributed by atoms with Gasteiger partial charge in [0.25, 0.3) is 0 Å². The number of fused-ring (bicyclic) bond motifs is 6. The van der Waals surface area contributed by atoms with Crippen molar-refractivity contribution in [2.24, 2.45) is 0 Å². The number of nitrogens with zero attached hydrogens (tertiary/aromatic N) is 7. The van der Waals surface area contributed by atoms with E-state index in [0.717, 1.165) is 55.2 Å². The minimum atomic E-state index is -0.104. The highest BCUT2D eigenvalue weighted by Crippen LogP contribution is 2.41. The van der Waals surface area contributed by atoms with E-state index in [1.807, 2.05) is 23.2 Å². The number of hydrogen-bond acceptors (Lipinski definition) is 6. The maximum atomic E-state index is 14.1. The fraction of sp³-hybridized carbons (Fsp3) is 0.311. The van der Waals surface area contributed by atoms with Gasteiger partial charge in [0, 0.05) is 72.0 Å². The number of aromatic nitrogens is 5. The van der Waals surface area contributed by atoms with Crippen LogP contribution in [0.2, 0.25) is 0 Å². The molecule has 0 N–H and O–H groups in total. The maximum absolute atomic E-state index is 14.1. The molecule has 3 aromatic heterocycles. The Labute approximate surface area is 321 Å². The van der Waals surface area contributed by atoms with Crippen molar-refractivity contribution in [1.82, 2.24) is 33.9 Å². The van der Waals surface area contributed by atoms with Crippen LogP contribution < -0.4 is 9.47 Å². The van der Waals surface area contributed by atoms with Gasteiger partial charge in [-0.05, 0) is 85.3 Å². The van der Waals surface area contributed by atoms with Gasteiger partial charge in [0.2, 0.25) is 5.91 Å². The Morgan fingerprint density at radius 1 is 0.691 bits per heavy atom. The molecule has 10 nitrogen and oxygen atoms in total. The van der Waals surface area contributed by atoms with Crippen LogP contribution in [-0.4, -0.2) is 67.1 Å². The van der Waals surface area contributed by atoms with Crippen LogP contribution in [-0.2, 0) is 43.8 Å². The van der Waals surface area contributed by atoms with Gasteiger partial charge in [-0.15, -0.1) is 5.10 Å². The lowest BCUT2D eigenvalue weighted by Gasteiger charge is -2.35. The van der Waals surface area contributed by atoms with Crippen LogP contribution in [0.5, 0.6) is 11.5 Å². The monoisotopic (exact) mass is 733 g/mol. The van der Waals surface area contributed by atoms with Gasteiger partial charge in [-0.2, -0.15) is 0 Å². The standard InChI is InChI=1S/C45H47N7O3/c1-30-44-37(39-23-35(54-3)15-17-41(39)51(44)25-32-11-7-5-8-12-32)19-21-48(30)27-34-28-49(47-46-34)29-43(53)50-22-20-38-40-24-36(55-4)16-18-42(40)52(45(38)31(50)2)26-33-13-9-6-10-14-33/h5-18,23-24,28,30-31H,19-22,25-27,29H2,1-4H3. The number of carbonyl (C=O) groups is 1. The van der Waals surface area contributed by atoms with Gasteiger partial charge in [-0.3, -0.25) is 9.69 Å². The summed E-state index contributed by atoms with van der Waals surface area (Å²) in [5.41, 5.74) is 11.0. The number of carbonyl (C=O) groups excluding carboxylic acids is 1. The largest absolute Gasteiger partial charge is 0.497 e. The third-order valence-corrected chi connectivity index (χ3v) is 11.8. The lowest BCUT2D eigenvalue weighted by Crippen LogP contribution is -2.41. The van der Waals surface area contributed by atoms with Crippen molar-refractivity contribution in [3.05, 3.63) is 143 Å². The average molecular weight is 734 g/mol. The first-order valence-corrected chi connectivity index (χ1v) is 19.3. The van der Waals surface area contributed by atoms with Crippen LogP contribution in [0.3, 0.4) is 0 Å². The molecular formula is C45H47N7O3. The second kappa shape index (κ2) is 14.4. The SMILES string of the molecule is COc1ccc2c(c1)c1c(n2Cc2ccccc2)C(C)N(Cc2cn(CC(=O)N3CCc4c(n(Cc5ccccc5)c5ccc(OC)cc45)C3C)nn2)CC1. The number of amides is 1. The Balaban J connectivity index is 0.940. The predicted molar refractivity (Wildman–Crippen MR) is 214 cm³/mol. The van der Waals surface area contributed by atoms with Gasteiger partial charge >= 0.3 is 0 Å². The third-order valence-electron chi connectivity index (χ3n) is 11.8. The lowest BCUT2D eigenvalue weighted by atomic mass is 9.97. The summed E-state index contributed by atoms with van der Waals surface area (Å²) in [4.78, 5) is 18.6. The van der Waals surface area contributed by atoms with E-state index in [4.69, 9.17) is 9.47 Å². The van der Waals surface area contributed by atoms with E-state index in [1.54, 1.807) is 18.9 Å². The van der Waals surface area contributed by atoms with Crippen LogP contribution in [0.1, 0.15) is 65.3 Å². The van der Waals surface area contributed by atoms with E-state index in [2.05, 4.69) is 123 Å². The van der Waals surface area contributed by atoms with Gasteiger partial charge < -0.3 is 23.5 Å². The van der Waals surface area contributed by atoms with E-state index in [-0.39, 0.29) is 24.5 Å². The van der Waals surface area contributed by atoms with E-state index in [0.29, 0.717) is 13.1 Å². The maximum Gasteiger partial charge on any atom is 0.244 e. The molecule has 0 spiro atoms. The minimum absolute atomic E-state index is 0.0422. The summed E-state index contributed by atoms with van der Waals surface area (Å²) < 4.78 is 17.8. The molecule has 1 amide bonds. The molecule has 7 aromatic rings. The van der Waals surface area contributed by atoms with Gasteiger partial charge in [0.05, 0.1) is 32.2 Å². The highest BCUT2D eigenvalue weighted by Gasteiger charge is 2.34. The van der Waals surface area contributed by atoms with Crippen LogP contribution in [0, 0.1) is 0 Å². The zero-order chi connectivity index (χ0) is 37.6. The normalized spacial score (nSPS) is 17.1. The van der Waals surface area contributed by atoms with Crippen LogP contribution in [0.4, 0.5) is 0 Å². The number of benzene rings is 4. The molecule has 2 unspecified atom stereocenters. The van der Waals surface area contributed by atoms with Crippen molar-refractivity contribution >= 4 is 27.7 Å². The Morgan fingerprint density at radius 2 is 1.24 bits per heavy atom. The highest BCUT2D eigenvalue weighted by molar-refractivity contribution is 5.89. The van der Waals surface area contributed by atoms with Gasteiger partial charge in [0.1, 0.15) is 18.0 Å². The molecule has 0 radical (unpaired) electrons. The third kappa shape index (κ3) is 6.34. The van der Waals surface area contributed by atoms with Crippen molar-refractivity contribution in [2.45, 2.75) is 65.0 Å². The van der Waals surface area contributed by atoms with Crippen molar-refractivity contribution in [1.29, 1.82) is 0 Å². The molecule has 10 heteroatoms. The van der Waals surface area contributed by atoms with Crippen molar-refractivity contribution in [3.63, 3.8) is 0 Å². The van der Waals surface area contributed by atoms with Crippen molar-refractivity contribution in [2.75, 3.05) is 27.3 Å². The molecule has 9 rings (SSSR count). The molecule has 0 saturated heterocycles. The summed E-state index contributed by atoms with van der Waals surface area (Å²) in [6.45, 7) is 8.32. The summed E-state index contributed by atoms with van der Waals surface area (Å²) in [5.74, 6) is 1.76. The molecule has 2 atom stereocenters. The summed E-state index contributed by atoms with van der Waals surface area (Å²) in [5, 5.41) is 11.5. The Bertz CT molecular complexity index is 2500. The predicted octanol–water partition coefficient (Wildman–Crippen LogP) is 7.57. The number of methoxy groups -OCH3 is 2. The number of rotatable bonds is 10. The summed E-state index contributed by atoms with van der Waals surface area (Å²) in [6.07, 6.45) is 3.66. The van der Waals surface area contributed by atoms with Crippen LogP contribution >= 0.6 is 0 Å². The zero-order valence-electron chi connectivity index (χ0n) is 32.0.